The van der Waals surface area contributed by atoms with Gasteiger partial charge in [-0.05, 0) is 62.0 Å². The van der Waals surface area contributed by atoms with Crippen LogP contribution in [0.15, 0.2) is 16.8 Å². The number of amides is 3. The van der Waals surface area contributed by atoms with E-state index in [1.807, 2.05) is 0 Å². The number of thiophene rings is 1. The highest BCUT2D eigenvalue weighted by Crippen LogP contribution is 2.33. The summed E-state index contributed by atoms with van der Waals surface area (Å²) in [6.07, 6.45) is 3.25. The number of hydrogen-bond acceptors (Lipinski definition) is 4. The van der Waals surface area contributed by atoms with Gasteiger partial charge in [-0.2, -0.15) is 11.3 Å². The monoisotopic (exact) mass is 321 g/mol. The first kappa shape index (κ1) is 15.5. The smallest absolute Gasteiger partial charge is 0.324 e. The molecule has 1 aromatic rings. The molecule has 22 heavy (non-hydrogen) atoms. The average Bonchev–Trinajstić information content (AvgIpc) is 3.15. The molecule has 120 valence electrons. The van der Waals surface area contributed by atoms with Crippen molar-refractivity contribution in [1.82, 2.24) is 15.1 Å². The highest BCUT2D eigenvalue weighted by molar-refractivity contribution is 7.07. The van der Waals surface area contributed by atoms with Crippen LogP contribution >= 0.6 is 11.3 Å². The van der Waals surface area contributed by atoms with Crippen molar-refractivity contribution in [3.63, 3.8) is 0 Å². The summed E-state index contributed by atoms with van der Waals surface area (Å²) < 4.78 is 0. The fourth-order valence-corrected chi connectivity index (χ4v) is 4.10. The molecule has 3 amide bonds. The summed E-state index contributed by atoms with van der Waals surface area (Å²) in [7, 11) is 0. The minimum Gasteiger partial charge on any atom is -0.324 e. The van der Waals surface area contributed by atoms with Crippen LogP contribution in [-0.2, 0) is 4.79 Å². The number of rotatable bonds is 5. The second-order valence-electron chi connectivity index (χ2n) is 6.62. The van der Waals surface area contributed by atoms with Crippen LogP contribution in [0.5, 0.6) is 0 Å². The summed E-state index contributed by atoms with van der Waals surface area (Å²) in [6.45, 7) is 6.03. The quantitative estimate of drug-likeness (QED) is 0.848. The third-order valence-electron chi connectivity index (χ3n) is 4.56. The van der Waals surface area contributed by atoms with Crippen LogP contribution in [0.2, 0.25) is 0 Å². The maximum atomic E-state index is 12.1. The van der Waals surface area contributed by atoms with Crippen LogP contribution in [0, 0.1) is 0 Å². The van der Waals surface area contributed by atoms with E-state index >= 15 is 0 Å². The molecule has 1 N–H and O–H groups in total. The molecule has 2 aliphatic rings. The Morgan fingerprint density at radius 1 is 1.36 bits per heavy atom. The van der Waals surface area contributed by atoms with E-state index in [2.05, 4.69) is 27.0 Å². The summed E-state index contributed by atoms with van der Waals surface area (Å²) in [4.78, 5) is 27.8. The number of hydrogen-bond donors (Lipinski definition) is 1. The maximum absolute atomic E-state index is 12.1. The summed E-state index contributed by atoms with van der Waals surface area (Å²) in [6, 6.07) is 2.45. The minimum absolute atomic E-state index is 0.117. The minimum atomic E-state index is -0.760. The first-order valence-electron chi connectivity index (χ1n) is 7.89. The Morgan fingerprint density at radius 3 is 2.82 bits per heavy atom. The molecule has 0 aromatic carbocycles. The van der Waals surface area contributed by atoms with E-state index < -0.39 is 5.54 Å². The van der Waals surface area contributed by atoms with Gasteiger partial charge < -0.3 is 5.32 Å². The van der Waals surface area contributed by atoms with Crippen molar-refractivity contribution in [2.75, 3.05) is 19.6 Å². The van der Waals surface area contributed by atoms with Gasteiger partial charge in [0.05, 0.1) is 0 Å². The van der Waals surface area contributed by atoms with Gasteiger partial charge in [-0.1, -0.05) is 0 Å². The molecule has 1 unspecified atom stereocenters. The van der Waals surface area contributed by atoms with E-state index in [4.69, 9.17) is 0 Å². The Labute approximate surface area is 135 Å². The third kappa shape index (κ3) is 2.90. The van der Waals surface area contributed by atoms with Crippen molar-refractivity contribution in [3.8, 4) is 0 Å². The van der Waals surface area contributed by atoms with Gasteiger partial charge in [-0.15, -0.1) is 0 Å². The van der Waals surface area contributed by atoms with Gasteiger partial charge in [0.1, 0.15) is 5.54 Å². The molecule has 0 bridgehead atoms. The lowest BCUT2D eigenvalue weighted by Gasteiger charge is -2.24. The molecule has 6 heteroatoms. The molecule has 5 nitrogen and oxygen atoms in total. The Bertz CT molecular complexity index is 556. The van der Waals surface area contributed by atoms with Crippen LogP contribution in [0.3, 0.4) is 0 Å². The van der Waals surface area contributed by atoms with Crippen molar-refractivity contribution in [3.05, 3.63) is 22.4 Å². The Morgan fingerprint density at radius 2 is 2.18 bits per heavy atom. The third-order valence-corrected chi connectivity index (χ3v) is 5.26. The van der Waals surface area contributed by atoms with E-state index in [9.17, 15) is 9.59 Å². The summed E-state index contributed by atoms with van der Waals surface area (Å²) in [5.74, 6) is -0.117. The molecule has 2 fully saturated rings. The van der Waals surface area contributed by atoms with Gasteiger partial charge in [0.25, 0.3) is 5.91 Å². The molecule has 2 aliphatic heterocycles. The van der Waals surface area contributed by atoms with Crippen molar-refractivity contribution in [2.24, 2.45) is 0 Å². The van der Waals surface area contributed by atoms with Gasteiger partial charge in [0.2, 0.25) is 0 Å². The SMILES string of the molecule is CC1(C)NC(=O)N(CCCN2CCCC2c2ccsc2)C1=O. The Hall–Kier alpha value is -1.40. The number of urea groups is 1. The Balaban J connectivity index is 1.53. The number of carbonyl (C=O) groups is 2. The van der Waals surface area contributed by atoms with Gasteiger partial charge >= 0.3 is 6.03 Å². The lowest BCUT2D eigenvalue weighted by Crippen LogP contribution is -2.40. The van der Waals surface area contributed by atoms with E-state index in [1.165, 1.54) is 23.3 Å². The van der Waals surface area contributed by atoms with Crippen molar-refractivity contribution in [1.29, 1.82) is 0 Å². The zero-order chi connectivity index (χ0) is 15.7. The molecule has 0 radical (unpaired) electrons. The zero-order valence-electron chi connectivity index (χ0n) is 13.2. The molecule has 3 rings (SSSR count). The Kier molecular flexibility index (Phi) is 4.23. The maximum Gasteiger partial charge on any atom is 0.325 e. The molecule has 0 spiro atoms. The largest absolute Gasteiger partial charge is 0.325 e. The van der Waals surface area contributed by atoms with Crippen LogP contribution < -0.4 is 5.32 Å². The van der Waals surface area contributed by atoms with Crippen molar-refractivity contribution in [2.45, 2.75) is 44.7 Å². The van der Waals surface area contributed by atoms with Gasteiger partial charge in [-0.3, -0.25) is 14.6 Å². The normalized spacial score (nSPS) is 25.0. The molecule has 3 heterocycles. The number of nitrogens with one attached hydrogen (secondary N) is 1. The first-order valence-corrected chi connectivity index (χ1v) is 8.83. The van der Waals surface area contributed by atoms with E-state index in [0.29, 0.717) is 12.6 Å². The molecule has 0 aliphatic carbocycles. The lowest BCUT2D eigenvalue weighted by atomic mass is 10.1. The molecular formula is C16H23N3O2S. The lowest BCUT2D eigenvalue weighted by molar-refractivity contribution is -0.130. The summed E-state index contributed by atoms with van der Waals surface area (Å²) in [5, 5.41) is 7.08. The zero-order valence-corrected chi connectivity index (χ0v) is 14.0. The fraction of sp³-hybridized carbons (Fsp3) is 0.625. The highest BCUT2D eigenvalue weighted by Gasteiger charge is 2.43. The van der Waals surface area contributed by atoms with E-state index in [-0.39, 0.29) is 11.9 Å². The number of imide groups is 1. The summed E-state index contributed by atoms with van der Waals surface area (Å²) >= 11 is 1.74. The number of carbonyl (C=O) groups excluding carboxylic acids is 2. The van der Waals surface area contributed by atoms with Gasteiger partial charge in [0.15, 0.2) is 0 Å². The highest BCUT2D eigenvalue weighted by atomic mass is 32.1. The van der Waals surface area contributed by atoms with Crippen LogP contribution in [-0.4, -0.2) is 46.9 Å². The fourth-order valence-electron chi connectivity index (χ4n) is 3.39. The number of likely N-dealkylation sites (tertiary alicyclic amines) is 1. The van der Waals surface area contributed by atoms with Crippen molar-refractivity contribution < 1.29 is 9.59 Å². The molecule has 1 atom stereocenters. The average molecular weight is 321 g/mol. The molecule has 1 aromatic heterocycles. The molecular weight excluding hydrogens is 298 g/mol. The second-order valence-corrected chi connectivity index (χ2v) is 7.40. The van der Waals surface area contributed by atoms with E-state index in [1.54, 1.807) is 25.2 Å². The predicted molar refractivity (Wildman–Crippen MR) is 86.8 cm³/mol. The molecule has 2 saturated heterocycles. The van der Waals surface area contributed by atoms with Crippen molar-refractivity contribution >= 4 is 23.3 Å². The van der Waals surface area contributed by atoms with Gasteiger partial charge in [0, 0.05) is 19.1 Å². The first-order chi connectivity index (χ1) is 10.5. The van der Waals surface area contributed by atoms with Crippen LogP contribution in [0.25, 0.3) is 0 Å². The van der Waals surface area contributed by atoms with Crippen LogP contribution in [0.1, 0.15) is 44.7 Å². The van der Waals surface area contributed by atoms with E-state index in [0.717, 1.165) is 19.5 Å². The number of nitrogens with zero attached hydrogens (tertiary/aromatic N) is 2. The van der Waals surface area contributed by atoms with Crippen LogP contribution in [0.4, 0.5) is 4.79 Å². The standard InChI is InChI=1S/C16H23N3O2S/c1-16(2)14(20)19(15(21)17-16)9-4-8-18-7-3-5-13(18)12-6-10-22-11-12/h6,10-11,13H,3-5,7-9H2,1-2H3,(H,17,21). The predicted octanol–water partition coefficient (Wildman–Crippen LogP) is 2.61. The molecule has 0 saturated carbocycles. The summed E-state index contributed by atoms with van der Waals surface area (Å²) in [5.41, 5.74) is 0.642. The topological polar surface area (TPSA) is 52.7 Å². The second kappa shape index (κ2) is 6.01. The van der Waals surface area contributed by atoms with Gasteiger partial charge in [-0.25, -0.2) is 4.79 Å².